The van der Waals surface area contributed by atoms with Crippen LogP contribution in [0.15, 0.2) is 51.0 Å². The molecule has 0 saturated heterocycles. The van der Waals surface area contributed by atoms with Crippen molar-refractivity contribution in [2.75, 3.05) is 5.75 Å². The summed E-state index contributed by atoms with van der Waals surface area (Å²) in [6.07, 6.45) is 4.47. The van der Waals surface area contributed by atoms with Crippen molar-refractivity contribution >= 4 is 28.6 Å². The highest BCUT2D eigenvalue weighted by atomic mass is 32.2. The summed E-state index contributed by atoms with van der Waals surface area (Å²) < 4.78 is 2.47. The van der Waals surface area contributed by atoms with Crippen molar-refractivity contribution in [2.24, 2.45) is 14.1 Å². The third kappa shape index (κ3) is 3.80. The third-order valence-electron chi connectivity index (χ3n) is 4.74. The molecule has 1 aromatic carbocycles. The van der Waals surface area contributed by atoms with Gasteiger partial charge in [-0.3, -0.25) is 18.7 Å². The maximum absolute atomic E-state index is 12.9. The first-order valence-electron chi connectivity index (χ1n) is 9.24. The normalized spacial score (nSPS) is 11.1. The molecule has 0 aliphatic carbocycles. The average molecular weight is 398 g/mol. The van der Waals surface area contributed by atoms with Gasteiger partial charge in [-0.25, -0.2) is 9.78 Å². The van der Waals surface area contributed by atoms with Crippen molar-refractivity contribution in [3.63, 3.8) is 0 Å². The van der Waals surface area contributed by atoms with Gasteiger partial charge in [0.2, 0.25) is 0 Å². The minimum absolute atomic E-state index is 0.00125. The van der Waals surface area contributed by atoms with Crippen LogP contribution in [0.2, 0.25) is 0 Å². The van der Waals surface area contributed by atoms with Gasteiger partial charge in [0.15, 0.2) is 5.78 Å². The second kappa shape index (κ2) is 8.56. The lowest BCUT2D eigenvalue weighted by Gasteiger charge is -2.14. The Hall–Kier alpha value is -2.67. The third-order valence-corrected chi connectivity index (χ3v) is 5.90. The molecule has 0 bridgehead atoms. The summed E-state index contributed by atoms with van der Waals surface area (Å²) in [5, 5.41) is 0.407. The quantitative estimate of drug-likeness (QED) is 0.453. The number of carbonyl (C=O) groups is 1. The van der Waals surface area contributed by atoms with E-state index in [-0.39, 0.29) is 17.1 Å². The van der Waals surface area contributed by atoms with Crippen LogP contribution < -0.4 is 11.2 Å². The second-order valence-corrected chi connectivity index (χ2v) is 7.68. The molecule has 2 heterocycles. The predicted octanol–water partition coefficient (Wildman–Crippen LogP) is 2.95. The van der Waals surface area contributed by atoms with Gasteiger partial charge in [-0.05, 0) is 18.4 Å². The largest absolute Gasteiger partial charge is 0.332 e. The lowest BCUT2D eigenvalue weighted by atomic mass is 10.1. The van der Waals surface area contributed by atoms with E-state index in [1.807, 2.05) is 18.2 Å². The zero-order valence-electron chi connectivity index (χ0n) is 16.3. The molecule has 0 spiro atoms. The lowest BCUT2D eigenvalue weighted by molar-refractivity contribution is 0.102. The van der Waals surface area contributed by atoms with Gasteiger partial charge in [0.1, 0.15) is 5.65 Å². The molecule has 0 aliphatic rings. The molecule has 28 heavy (non-hydrogen) atoms. The summed E-state index contributed by atoms with van der Waals surface area (Å²) in [6, 6.07) is 9.10. The second-order valence-electron chi connectivity index (χ2n) is 6.70. The monoisotopic (exact) mass is 397 g/mol. The zero-order valence-corrected chi connectivity index (χ0v) is 17.1. The Bertz CT molecular complexity index is 1130. The number of nitrogens with zero attached hydrogens (tertiary/aromatic N) is 3. The molecule has 0 N–H and O–H groups in total. The van der Waals surface area contributed by atoms with E-state index in [2.05, 4.69) is 11.9 Å². The topological polar surface area (TPSA) is 74.0 Å². The molecule has 0 amide bonds. The molecular weight excluding hydrogens is 374 g/mol. The Morgan fingerprint density at radius 1 is 1.11 bits per heavy atom. The molecule has 0 aliphatic heterocycles. The van der Waals surface area contributed by atoms with Crippen LogP contribution in [0, 0.1) is 0 Å². The number of unbranched alkanes of at least 4 members (excludes halogenated alkanes) is 1. The van der Waals surface area contributed by atoms with Gasteiger partial charge in [0.05, 0.1) is 11.1 Å². The van der Waals surface area contributed by atoms with Gasteiger partial charge in [0.25, 0.3) is 5.56 Å². The Balaban J connectivity index is 2.10. The van der Waals surface area contributed by atoms with Gasteiger partial charge in [0, 0.05) is 30.8 Å². The van der Waals surface area contributed by atoms with Crippen LogP contribution in [0.4, 0.5) is 0 Å². The number of carbonyl (C=O) groups excluding carboxylic acids is 1. The van der Waals surface area contributed by atoms with E-state index in [1.54, 1.807) is 25.4 Å². The lowest BCUT2D eigenvalue weighted by Crippen LogP contribution is -2.37. The summed E-state index contributed by atoms with van der Waals surface area (Å²) in [6.45, 7) is 2.10. The number of fused-ring (bicyclic) bond motifs is 1. The molecule has 7 heteroatoms. The molecule has 2 aromatic heterocycles. The fourth-order valence-electron chi connectivity index (χ4n) is 3.10. The maximum Gasteiger partial charge on any atom is 0.332 e. The molecule has 3 aromatic rings. The fraction of sp³-hybridized carbons (Fsp3) is 0.333. The number of hydrogen-bond acceptors (Lipinski definition) is 5. The molecule has 6 nitrogen and oxygen atoms in total. The highest BCUT2D eigenvalue weighted by molar-refractivity contribution is 8.00. The summed E-state index contributed by atoms with van der Waals surface area (Å²) in [4.78, 5) is 42.8. The molecule has 0 fully saturated rings. The van der Waals surface area contributed by atoms with E-state index >= 15 is 0 Å². The standard InChI is InChI=1S/C21H23N3O3S/c1-4-5-9-15-12-22-19-17(20(26)24(3)21(27)23(19)2)18(15)28-13-16(25)14-10-7-6-8-11-14/h6-8,10-12H,4-5,9,13H2,1-3H3. The van der Waals surface area contributed by atoms with Crippen LogP contribution >= 0.6 is 11.8 Å². The number of Topliss-reactive ketones (excluding diaryl/α,β-unsaturated/α-hetero) is 1. The van der Waals surface area contributed by atoms with Crippen molar-refractivity contribution in [1.82, 2.24) is 14.1 Å². The summed E-state index contributed by atoms with van der Waals surface area (Å²) >= 11 is 1.35. The highest BCUT2D eigenvalue weighted by Gasteiger charge is 2.18. The minimum atomic E-state index is -0.414. The smallest absolute Gasteiger partial charge is 0.293 e. The number of hydrogen-bond donors (Lipinski definition) is 0. The maximum atomic E-state index is 12.9. The number of aryl methyl sites for hydroxylation is 2. The van der Waals surface area contributed by atoms with Crippen LogP contribution in [0.5, 0.6) is 0 Å². The number of ketones is 1. The zero-order chi connectivity index (χ0) is 20.3. The molecular formula is C21H23N3O3S. The molecule has 0 unspecified atom stereocenters. The Kier molecular flexibility index (Phi) is 6.14. The van der Waals surface area contributed by atoms with Gasteiger partial charge in [-0.15, -0.1) is 11.8 Å². The van der Waals surface area contributed by atoms with E-state index < -0.39 is 5.69 Å². The minimum Gasteiger partial charge on any atom is -0.293 e. The Morgan fingerprint density at radius 3 is 2.50 bits per heavy atom. The average Bonchev–Trinajstić information content (AvgIpc) is 2.73. The van der Waals surface area contributed by atoms with Gasteiger partial charge in [-0.2, -0.15) is 0 Å². The van der Waals surface area contributed by atoms with Crippen molar-refractivity contribution in [1.29, 1.82) is 0 Å². The van der Waals surface area contributed by atoms with E-state index in [9.17, 15) is 14.4 Å². The summed E-state index contributed by atoms with van der Waals surface area (Å²) in [5.74, 6) is 0.215. The molecule has 3 rings (SSSR count). The van der Waals surface area contributed by atoms with Crippen molar-refractivity contribution in [3.05, 3.63) is 68.5 Å². The van der Waals surface area contributed by atoms with Gasteiger partial charge >= 0.3 is 5.69 Å². The number of rotatable bonds is 7. The number of thioether (sulfide) groups is 1. The van der Waals surface area contributed by atoms with E-state index in [4.69, 9.17) is 0 Å². The Labute approximate surface area is 167 Å². The van der Waals surface area contributed by atoms with Crippen molar-refractivity contribution in [3.8, 4) is 0 Å². The van der Waals surface area contributed by atoms with Gasteiger partial charge in [-0.1, -0.05) is 43.7 Å². The van der Waals surface area contributed by atoms with Crippen LogP contribution in [-0.4, -0.2) is 25.7 Å². The summed E-state index contributed by atoms with van der Waals surface area (Å²) in [7, 11) is 3.07. The number of pyridine rings is 1. The Morgan fingerprint density at radius 2 is 1.82 bits per heavy atom. The van der Waals surface area contributed by atoms with Crippen LogP contribution in [0.3, 0.4) is 0 Å². The van der Waals surface area contributed by atoms with Gasteiger partial charge < -0.3 is 0 Å². The molecule has 146 valence electrons. The fourth-order valence-corrected chi connectivity index (χ4v) is 4.20. The highest BCUT2D eigenvalue weighted by Crippen LogP contribution is 2.29. The van der Waals surface area contributed by atoms with E-state index in [0.29, 0.717) is 16.6 Å². The molecule has 0 atom stereocenters. The number of aromatic nitrogens is 3. The number of benzene rings is 1. The first-order chi connectivity index (χ1) is 13.5. The SMILES string of the molecule is CCCCc1cnc2c(c1SCC(=O)c1ccccc1)c(=O)n(C)c(=O)n2C. The first-order valence-corrected chi connectivity index (χ1v) is 10.2. The first kappa shape index (κ1) is 20.1. The van der Waals surface area contributed by atoms with Crippen LogP contribution in [-0.2, 0) is 20.5 Å². The molecule has 0 radical (unpaired) electrons. The van der Waals surface area contributed by atoms with E-state index in [1.165, 1.54) is 23.4 Å². The molecule has 0 saturated carbocycles. The van der Waals surface area contributed by atoms with Crippen LogP contribution in [0.25, 0.3) is 11.0 Å². The predicted molar refractivity (Wildman–Crippen MR) is 112 cm³/mol. The van der Waals surface area contributed by atoms with Crippen LogP contribution in [0.1, 0.15) is 35.7 Å². The van der Waals surface area contributed by atoms with Crippen molar-refractivity contribution in [2.45, 2.75) is 31.1 Å². The van der Waals surface area contributed by atoms with Crippen molar-refractivity contribution < 1.29 is 4.79 Å². The van der Waals surface area contributed by atoms with E-state index in [0.717, 1.165) is 34.3 Å². The summed E-state index contributed by atoms with van der Waals surface area (Å²) in [5.41, 5.74) is 1.14.